The van der Waals surface area contributed by atoms with E-state index in [0.717, 1.165) is 11.6 Å². The van der Waals surface area contributed by atoms with Crippen LogP contribution in [0.2, 0.25) is 0 Å². The molecule has 3 N–H and O–H groups in total. The van der Waals surface area contributed by atoms with Gasteiger partial charge in [0.25, 0.3) is 0 Å². The topological polar surface area (TPSA) is 57.9 Å². The molecule has 0 bridgehead atoms. The second kappa shape index (κ2) is 5.83. The van der Waals surface area contributed by atoms with Gasteiger partial charge in [0.2, 0.25) is 0 Å². The molecule has 0 aliphatic carbocycles. The van der Waals surface area contributed by atoms with Crippen molar-refractivity contribution in [3.63, 3.8) is 0 Å². The van der Waals surface area contributed by atoms with Gasteiger partial charge in [-0.15, -0.1) is 0 Å². The number of nitrogens with zero attached hydrogens (tertiary/aromatic N) is 2. The van der Waals surface area contributed by atoms with Crippen molar-refractivity contribution in [1.29, 1.82) is 0 Å². The van der Waals surface area contributed by atoms with Gasteiger partial charge in [-0.1, -0.05) is 12.2 Å². The number of allylic oxidation sites excluding steroid dienone is 3. The maximum Gasteiger partial charge on any atom is 0.186 e. The van der Waals surface area contributed by atoms with Crippen LogP contribution in [-0.4, -0.2) is 15.0 Å². The maximum atomic E-state index is 13.5. The number of aromatic amines is 1. The molecule has 2 rings (SSSR count). The number of hydrogen-bond donors (Lipinski definition) is 2. The molecule has 0 amide bonds. The van der Waals surface area contributed by atoms with Gasteiger partial charge in [-0.25, -0.2) is 19.6 Å². The van der Waals surface area contributed by atoms with Crippen LogP contribution in [0.3, 0.4) is 0 Å². The number of rotatable bonds is 4. The largest absolute Gasteiger partial charge is 0.340 e. The molecule has 0 saturated heterocycles. The number of aromatic nitrogens is 2. The Morgan fingerprint density at radius 1 is 1.45 bits per heavy atom. The van der Waals surface area contributed by atoms with Gasteiger partial charge in [-0.05, 0) is 31.6 Å². The van der Waals surface area contributed by atoms with Crippen LogP contribution in [0.5, 0.6) is 0 Å². The fourth-order valence-corrected chi connectivity index (χ4v) is 1.93. The number of hydrogen-bond acceptors (Lipinski definition) is 3. The smallest absolute Gasteiger partial charge is 0.186 e. The number of nitrogens with two attached hydrogens (primary N) is 1. The van der Waals surface area contributed by atoms with E-state index in [9.17, 15) is 8.78 Å². The lowest BCUT2D eigenvalue weighted by molar-refractivity contribution is 0.375. The number of imidazole rings is 1. The van der Waals surface area contributed by atoms with Gasteiger partial charge in [0.05, 0.1) is 12.1 Å². The maximum absolute atomic E-state index is 13.5. The molecule has 0 atom stereocenters. The quantitative estimate of drug-likeness (QED) is 0.513. The molecule has 1 aromatic heterocycles. The Labute approximate surface area is 115 Å². The molecule has 0 unspecified atom stereocenters. The number of H-pyrrole nitrogens is 1. The summed E-state index contributed by atoms with van der Waals surface area (Å²) in [4.78, 5) is 6.94. The Kier molecular flexibility index (Phi) is 4.14. The fraction of sp³-hybridized carbons (Fsp3) is 0.214. The van der Waals surface area contributed by atoms with E-state index < -0.39 is 11.6 Å². The predicted molar refractivity (Wildman–Crippen MR) is 74.3 cm³/mol. The summed E-state index contributed by atoms with van der Waals surface area (Å²) in [5, 5.41) is 1.43. The van der Waals surface area contributed by atoms with Crippen molar-refractivity contribution in [2.75, 3.05) is 0 Å². The van der Waals surface area contributed by atoms with Crippen molar-refractivity contribution in [1.82, 2.24) is 15.0 Å². The molecule has 2 aromatic rings. The zero-order valence-corrected chi connectivity index (χ0v) is 11.3. The minimum atomic E-state index is -0.950. The van der Waals surface area contributed by atoms with Gasteiger partial charge in [0, 0.05) is 6.20 Å². The van der Waals surface area contributed by atoms with E-state index in [4.69, 9.17) is 5.84 Å². The van der Waals surface area contributed by atoms with Crippen LogP contribution in [0.15, 0.2) is 36.1 Å². The van der Waals surface area contributed by atoms with Crippen LogP contribution in [0.25, 0.3) is 11.0 Å². The average Bonchev–Trinajstić information content (AvgIpc) is 2.77. The van der Waals surface area contributed by atoms with E-state index in [-0.39, 0.29) is 12.1 Å². The predicted octanol–water partition coefficient (Wildman–Crippen LogP) is 3.00. The molecule has 0 aliphatic rings. The molecule has 4 nitrogen and oxygen atoms in total. The van der Waals surface area contributed by atoms with Gasteiger partial charge >= 0.3 is 0 Å². The van der Waals surface area contributed by atoms with Gasteiger partial charge in [0.1, 0.15) is 11.3 Å². The average molecular weight is 278 g/mol. The van der Waals surface area contributed by atoms with Crippen LogP contribution in [0, 0.1) is 11.6 Å². The minimum Gasteiger partial charge on any atom is -0.340 e. The summed E-state index contributed by atoms with van der Waals surface area (Å²) in [6.45, 7) is 4.09. The lowest BCUT2D eigenvalue weighted by atomic mass is 10.3. The summed E-state index contributed by atoms with van der Waals surface area (Å²) in [5.74, 6) is 4.43. The summed E-state index contributed by atoms with van der Waals surface area (Å²) >= 11 is 0. The van der Waals surface area contributed by atoms with E-state index in [1.165, 1.54) is 11.1 Å². The van der Waals surface area contributed by atoms with Gasteiger partial charge in [0.15, 0.2) is 11.6 Å². The van der Waals surface area contributed by atoms with Crippen molar-refractivity contribution in [2.24, 2.45) is 5.84 Å². The van der Waals surface area contributed by atoms with Crippen molar-refractivity contribution in [2.45, 2.75) is 20.4 Å². The molecule has 1 aromatic carbocycles. The molecule has 0 aliphatic heterocycles. The first-order chi connectivity index (χ1) is 9.51. The Morgan fingerprint density at radius 3 is 2.90 bits per heavy atom. The molecule has 106 valence electrons. The van der Waals surface area contributed by atoms with Crippen molar-refractivity contribution in [3.05, 3.63) is 53.5 Å². The third-order valence-corrected chi connectivity index (χ3v) is 2.73. The molecule has 1 heterocycles. The Balaban J connectivity index is 2.22. The molecule has 0 saturated carbocycles. The zero-order valence-electron chi connectivity index (χ0n) is 11.3. The summed E-state index contributed by atoms with van der Waals surface area (Å²) in [7, 11) is 0. The number of hydrazine groups is 1. The third kappa shape index (κ3) is 3.03. The van der Waals surface area contributed by atoms with Gasteiger partial charge < -0.3 is 9.99 Å². The standard InChI is InChI=1S/C14H16F2N4/c1-3-4-9(2)7-20(17)8-12-18-11-6-5-10(15)13(16)14(11)19-12/h3-7H,8,17H2,1-2H3,(H,18,19)/b4-3+,9-7+. The molecule has 0 fully saturated rings. The van der Waals surface area contributed by atoms with E-state index in [0.29, 0.717) is 11.3 Å². The lowest BCUT2D eigenvalue weighted by Gasteiger charge is -2.12. The summed E-state index contributed by atoms with van der Waals surface area (Å²) in [6, 6.07) is 2.52. The third-order valence-electron chi connectivity index (χ3n) is 2.73. The fourth-order valence-electron chi connectivity index (χ4n) is 1.93. The highest BCUT2D eigenvalue weighted by molar-refractivity contribution is 5.75. The summed E-state index contributed by atoms with van der Waals surface area (Å²) in [5.41, 5.74) is 1.41. The number of halogens is 2. The normalized spacial score (nSPS) is 12.6. The van der Waals surface area contributed by atoms with E-state index >= 15 is 0 Å². The number of benzene rings is 1. The van der Waals surface area contributed by atoms with Gasteiger partial charge in [-0.3, -0.25) is 0 Å². The first kappa shape index (κ1) is 14.2. The Morgan fingerprint density at radius 2 is 2.20 bits per heavy atom. The van der Waals surface area contributed by atoms with Gasteiger partial charge in [-0.2, -0.15) is 0 Å². The van der Waals surface area contributed by atoms with Crippen LogP contribution in [0.1, 0.15) is 19.7 Å². The van der Waals surface area contributed by atoms with Crippen LogP contribution < -0.4 is 5.84 Å². The SMILES string of the molecule is C/C=C/C(C)=C/N(N)Cc1nc2c(F)c(F)ccc2[nH]1. The molecular weight excluding hydrogens is 262 g/mol. The molecule has 0 spiro atoms. The van der Waals surface area contributed by atoms with E-state index in [1.54, 1.807) is 6.20 Å². The molecule has 6 heteroatoms. The van der Waals surface area contributed by atoms with Crippen molar-refractivity contribution in [3.8, 4) is 0 Å². The summed E-state index contributed by atoms with van der Waals surface area (Å²) < 4.78 is 26.6. The van der Waals surface area contributed by atoms with Crippen LogP contribution in [0.4, 0.5) is 8.78 Å². The van der Waals surface area contributed by atoms with Crippen molar-refractivity contribution < 1.29 is 8.78 Å². The monoisotopic (exact) mass is 278 g/mol. The van der Waals surface area contributed by atoms with E-state index in [2.05, 4.69) is 9.97 Å². The highest BCUT2D eigenvalue weighted by Crippen LogP contribution is 2.18. The first-order valence-corrected chi connectivity index (χ1v) is 6.16. The first-order valence-electron chi connectivity index (χ1n) is 6.16. The Hall–Kier alpha value is -2.21. The molecule has 0 radical (unpaired) electrons. The highest BCUT2D eigenvalue weighted by Gasteiger charge is 2.12. The highest BCUT2D eigenvalue weighted by atomic mass is 19.2. The minimum absolute atomic E-state index is 0.0115. The van der Waals surface area contributed by atoms with Crippen molar-refractivity contribution >= 4 is 11.0 Å². The number of fused-ring (bicyclic) bond motifs is 1. The molecule has 20 heavy (non-hydrogen) atoms. The second-order valence-corrected chi connectivity index (χ2v) is 4.49. The second-order valence-electron chi connectivity index (χ2n) is 4.49. The Bertz CT molecular complexity index is 673. The van der Waals surface area contributed by atoms with Crippen LogP contribution in [-0.2, 0) is 6.54 Å². The van der Waals surface area contributed by atoms with E-state index in [1.807, 2.05) is 26.0 Å². The van der Waals surface area contributed by atoms with Crippen LogP contribution >= 0.6 is 0 Å². The zero-order chi connectivity index (χ0) is 14.7. The molecular formula is C14H16F2N4. The lowest BCUT2D eigenvalue weighted by Crippen LogP contribution is -2.25. The summed E-state index contributed by atoms with van der Waals surface area (Å²) in [6.07, 6.45) is 5.55. The number of nitrogens with one attached hydrogen (secondary N) is 1.